The first-order chi connectivity index (χ1) is 8.34. The second-order valence-corrected chi connectivity index (χ2v) is 4.90. The quantitative estimate of drug-likeness (QED) is 0.820. The zero-order valence-electron chi connectivity index (χ0n) is 10.3. The summed E-state index contributed by atoms with van der Waals surface area (Å²) >= 11 is 0. The van der Waals surface area contributed by atoms with Crippen LogP contribution in [0.25, 0.3) is 0 Å². The highest BCUT2D eigenvalue weighted by Crippen LogP contribution is 2.19. The number of aryl methyl sites for hydroxylation is 1. The average molecular weight is 234 g/mol. The third kappa shape index (κ3) is 4.49. The largest absolute Gasteiger partial charge is 0.393 e. The Kier molecular flexibility index (Phi) is 5.02. The van der Waals surface area contributed by atoms with Crippen LogP contribution in [-0.4, -0.2) is 23.9 Å². The first kappa shape index (κ1) is 12.6. The minimum Gasteiger partial charge on any atom is -0.393 e. The third-order valence-corrected chi connectivity index (χ3v) is 3.40. The zero-order chi connectivity index (χ0) is 11.9. The molecule has 1 saturated heterocycles. The van der Waals surface area contributed by atoms with Gasteiger partial charge in [0, 0.05) is 6.61 Å². The summed E-state index contributed by atoms with van der Waals surface area (Å²) in [5, 5.41) is 9.91. The highest BCUT2D eigenvalue weighted by Gasteiger charge is 2.18. The fraction of sp³-hybridized carbons (Fsp3) is 0.600. The van der Waals surface area contributed by atoms with E-state index in [1.54, 1.807) is 0 Å². The Hall–Kier alpha value is -0.860. The minimum atomic E-state index is -0.193. The Labute approximate surface area is 104 Å². The van der Waals surface area contributed by atoms with Crippen LogP contribution in [0.2, 0.25) is 0 Å². The first-order valence-corrected chi connectivity index (χ1v) is 6.68. The van der Waals surface area contributed by atoms with Gasteiger partial charge < -0.3 is 9.84 Å². The monoisotopic (exact) mass is 234 g/mol. The number of aliphatic hydroxyl groups excluding tert-OH is 1. The molecular weight excluding hydrogens is 212 g/mol. The summed E-state index contributed by atoms with van der Waals surface area (Å²) in [6, 6.07) is 10.5. The molecule has 0 spiro atoms. The average Bonchev–Trinajstić information content (AvgIpc) is 2.83. The summed E-state index contributed by atoms with van der Waals surface area (Å²) in [5.41, 5.74) is 1.36. The van der Waals surface area contributed by atoms with Crippen molar-refractivity contribution in [3.63, 3.8) is 0 Å². The van der Waals surface area contributed by atoms with Crippen molar-refractivity contribution < 1.29 is 9.84 Å². The van der Waals surface area contributed by atoms with Crippen molar-refractivity contribution in [3.8, 4) is 0 Å². The Morgan fingerprint density at radius 2 is 2.12 bits per heavy atom. The van der Waals surface area contributed by atoms with Gasteiger partial charge in [0.1, 0.15) is 0 Å². The van der Waals surface area contributed by atoms with Crippen molar-refractivity contribution in [2.24, 2.45) is 0 Å². The Morgan fingerprint density at radius 3 is 2.82 bits per heavy atom. The lowest BCUT2D eigenvalue weighted by molar-refractivity contribution is 0.0499. The smallest absolute Gasteiger partial charge is 0.0600 e. The molecule has 0 bridgehead atoms. The molecule has 1 aliphatic rings. The summed E-state index contributed by atoms with van der Waals surface area (Å²) in [7, 11) is 0. The van der Waals surface area contributed by atoms with Crippen molar-refractivity contribution in [2.45, 2.75) is 50.7 Å². The summed E-state index contributed by atoms with van der Waals surface area (Å²) in [6.07, 6.45) is 6.20. The maximum atomic E-state index is 9.91. The summed E-state index contributed by atoms with van der Waals surface area (Å²) < 4.78 is 5.53. The Balaban J connectivity index is 1.61. The summed E-state index contributed by atoms with van der Waals surface area (Å²) in [4.78, 5) is 0. The van der Waals surface area contributed by atoms with Crippen LogP contribution in [-0.2, 0) is 11.2 Å². The predicted molar refractivity (Wildman–Crippen MR) is 69.0 cm³/mol. The van der Waals surface area contributed by atoms with E-state index in [2.05, 4.69) is 24.3 Å². The van der Waals surface area contributed by atoms with Crippen LogP contribution in [0.4, 0.5) is 0 Å². The lowest BCUT2D eigenvalue weighted by atomic mass is 10.0. The van der Waals surface area contributed by atoms with Crippen molar-refractivity contribution in [1.82, 2.24) is 0 Å². The van der Waals surface area contributed by atoms with E-state index in [1.165, 1.54) is 5.56 Å². The molecule has 2 unspecified atom stereocenters. The van der Waals surface area contributed by atoms with Gasteiger partial charge in [0.05, 0.1) is 12.2 Å². The molecule has 0 radical (unpaired) electrons. The molecule has 1 heterocycles. The maximum absolute atomic E-state index is 9.91. The van der Waals surface area contributed by atoms with E-state index < -0.39 is 0 Å². The number of benzene rings is 1. The molecule has 1 fully saturated rings. The number of ether oxygens (including phenoxy) is 1. The van der Waals surface area contributed by atoms with Gasteiger partial charge in [-0.05, 0) is 44.1 Å². The van der Waals surface area contributed by atoms with Gasteiger partial charge in [-0.3, -0.25) is 0 Å². The number of hydrogen-bond donors (Lipinski definition) is 1. The fourth-order valence-electron chi connectivity index (χ4n) is 2.44. The molecule has 0 aliphatic carbocycles. The molecular formula is C15H22O2. The zero-order valence-corrected chi connectivity index (χ0v) is 10.3. The Morgan fingerprint density at radius 1 is 1.29 bits per heavy atom. The Bertz CT molecular complexity index is 304. The van der Waals surface area contributed by atoms with Crippen molar-refractivity contribution in [1.29, 1.82) is 0 Å². The van der Waals surface area contributed by atoms with Crippen LogP contribution in [0, 0.1) is 0 Å². The molecule has 1 N–H and O–H groups in total. The highest BCUT2D eigenvalue weighted by molar-refractivity contribution is 5.14. The number of rotatable bonds is 6. The number of hydrogen-bond acceptors (Lipinski definition) is 2. The van der Waals surface area contributed by atoms with Crippen molar-refractivity contribution in [3.05, 3.63) is 35.9 Å². The number of aliphatic hydroxyl groups is 1. The molecule has 0 saturated carbocycles. The van der Waals surface area contributed by atoms with Gasteiger partial charge >= 0.3 is 0 Å². The molecule has 0 amide bonds. The normalized spacial score (nSPS) is 21.6. The second-order valence-electron chi connectivity index (χ2n) is 4.90. The maximum Gasteiger partial charge on any atom is 0.0600 e. The lowest BCUT2D eigenvalue weighted by Gasteiger charge is -2.15. The van der Waals surface area contributed by atoms with E-state index >= 15 is 0 Å². The minimum absolute atomic E-state index is 0.193. The van der Waals surface area contributed by atoms with E-state index in [4.69, 9.17) is 4.74 Å². The molecule has 1 aromatic carbocycles. The van der Waals surface area contributed by atoms with Crippen molar-refractivity contribution in [2.75, 3.05) is 6.61 Å². The fourth-order valence-corrected chi connectivity index (χ4v) is 2.44. The van der Waals surface area contributed by atoms with Crippen LogP contribution >= 0.6 is 0 Å². The molecule has 2 nitrogen and oxygen atoms in total. The third-order valence-electron chi connectivity index (χ3n) is 3.40. The van der Waals surface area contributed by atoms with Gasteiger partial charge in [0.15, 0.2) is 0 Å². The van der Waals surface area contributed by atoms with E-state index in [0.29, 0.717) is 6.10 Å². The molecule has 1 aromatic rings. The molecule has 2 atom stereocenters. The molecule has 94 valence electrons. The van der Waals surface area contributed by atoms with Gasteiger partial charge in [0.25, 0.3) is 0 Å². The van der Waals surface area contributed by atoms with E-state index in [1.807, 2.05) is 6.07 Å². The summed E-state index contributed by atoms with van der Waals surface area (Å²) in [6.45, 7) is 0.876. The van der Waals surface area contributed by atoms with Crippen molar-refractivity contribution >= 4 is 0 Å². The van der Waals surface area contributed by atoms with Gasteiger partial charge in [-0.2, -0.15) is 0 Å². The topological polar surface area (TPSA) is 29.5 Å². The molecule has 2 rings (SSSR count). The van der Waals surface area contributed by atoms with E-state index in [0.717, 1.165) is 45.1 Å². The first-order valence-electron chi connectivity index (χ1n) is 6.68. The van der Waals surface area contributed by atoms with Gasteiger partial charge in [-0.15, -0.1) is 0 Å². The molecule has 1 aliphatic heterocycles. The lowest BCUT2D eigenvalue weighted by Crippen LogP contribution is -2.17. The molecule has 0 aromatic heterocycles. The molecule has 17 heavy (non-hydrogen) atoms. The predicted octanol–water partition coefficient (Wildman–Crippen LogP) is 2.94. The van der Waals surface area contributed by atoms with E-state index in [9.17, 15) is 5.11 Å². The van der Waals surface area contributed by atoms with Gasteiger partial charge in [-0.1, -0.05) is 30.3 Å². The van der Waals surface area contributed by atoms with Gasteiger partial charge in [0.2, 0.25) is 0 Å². The van der Waals surface area contributed by atoms with Crippen LogP contribution in [0.5, 0.6) is 0 Å². The molecule has 2 heteroatoms. The van der Waals surface area contributed by atoms with Crippen LogP contribution < -0.4 is 0 Å². The van der Waals surface area contributed by atoms with E-state index in [-0.39, 0.29) is 6.10 Å². The van der Waals surface area contributed by atoms with Crippen LogP contribution in [0.3, 0.4) is 0 Å². The van der Waals surface area contributed by atoms with Crippen LogP contribution in [0.15, 0.2) is 30.3 Å². The second kappa shape index (κ2) is 6.77. The summed E-state index contributed by atoms with van der Waals surface area (Å²) in [5.74, 6) is 0. The SMILES string of the molecule is OC(CCCc1ccccc1)CC1CCCO1. The van der Waals surface area contributed by atoms with Crippen LogP contribution in [0.1, 0.15) is 37.7 Å². The highest BCUT2D eigenvalue weighted by atomic mass is 16.5. The standard InChI is InChI=1S/C15H22O2/c16-14(12-15-10-5-11-17-15)9-4-8-13-6-2-1-3-7-13/h1-3,6-7,14-16H,4-5,8-12H2. The van der Waals surface area contributed by atoms with Gasteiger partial charge in [-0.25, -0.2) is 0 Å².